The van der Waals surface area contributed by atoms with Gasteiger partial charge >= 0.3 is 0 Å². The van der Waals surface area contributed by atoms with Crippen molar-refractivity contribution in [2.45, 2.75) is 67.0 Å². The molecule has 0 bridgehead atoms. The van der Waals surface area contributed by atoms with E-state index in [9.17, 15) is 0 Å². The Balaban J connectivity index is 2.96. The third kappa shape index (κ3) is 5.06. The number of hydrogen-bond acceptors (Lipinski definition) is 4. The summed E-state index contributed by atoms with van der Waals surface area (Å²) in [7, 11) is 0. The molecule has 0 amide bonds. The molecule has 20 heavy (non-hydrogen) atoms. The molecule has 1 N–H and O–H groups in total. The van der Waals surface area contributed by atoms with E-state index >= 15 is 0 Å². The van der Waals surface area contributed by atoms with Crippen molar-refractivity contribution in [2.24, 2.45) is 5.92 Å². The minimum atomic E-state index is 0.505. The molecule has 0 radical (unpaired) electrons. The molecule has 1 aromatic heterocycles. The highest BCUT2D eigenvalue weighted by atomic mass is 32.1. The number of anilines is 1. The molecule has 0 aromatic carbocycles. The molecular formula is C16H31N3S. The molecule has 0 fully saturated rings. The topological polar surface area (TPSA) is 28.2 Å². The van der Waals surface area contributed by atoms with E-state index in [-0.39, 0.29) is 0 Å². The SMILES string of the molecule is CCCc1nc(N(CC(C)C)C(C)C)sc1CNCC. The summed E-state index contributed by atoms with van der Waals surface area (Å²) < 4.78 is 0. The summed E-state index contributed by atoms with van der Waals surface area (Å²) in [5.41, 5.74) is 1.29. The summed E-state index contributed by atoms with van der Waals surface area (Å²) in [5.74, 6) is 0.660. The van der Waals surface area contributed by atoms with Crippen LogP contribution in [0, 0.1) is 5.92 Å². The van der Waals surface area contributed by atoms with Gasteiger partial charge < -0.3 is 10.2 Å². The van der Waals surface area contributed by atoms with Crippen molar-refractivity contribution in [1.82, 2.24) is 10.3 Å². The summed E-state index contributed by atoms with van der Waals surface area (Å²) in [5, 5.41) is 4.64. The van der Waals surface area contributed by atoms with Crippen molar-refractivity contribution >= 4 is 16.5 Å². The Kier molecular flexibility index (Phi) is 7.52. The zero-order valence-corrected chi connectivity index (χ0v) is 14.8. The van der Waals surface area contributed by atoms with Crippen LogP contribution >= 0.6 is 11.3 Å². The van der Waals surface area contributed by atoms with Crippen LogP contribution in [-0.4, -0.2) is 24.1 Å². The van der Waals surface area contributed by atoms with Crippen LogP contribution in [0.4, 0.5) is 5.13 Å². The average molecular weight is 298 g/mol. The van der Waals surface area contributed by atoms with E-state index in [0.29, 0.717) is 12.0 Å². The Hall–Kier alpha value is -0.610. The van der Waals surface area contributed by atoms with Crippen molar-refractivity contribution < 1.29 is 0 Å². The molecule has 4 heteroatoms. The van der Waals surface area contributed by atoms with Crippen LogP contribution in [0.15, 0.2) is 0 Å². The van der Waals surface area contributed by atoms with Crippen LogP contribution in [0.3, 0.4) is 0 Å². The van der Waals surface area contributed by atoms with Crippen molar-refractivity contribution in [2.75, 3.05) is 18.0 Å². The van der Waals surface area contributed by atoms with Crippen LogP contribution in [0.2, 0.25) is 0 Å². The van der Waals surface area contributed by atoms with Crippen molar-refractivity contribution in [3.05, 3.63) is 10.6 Å². The normalized spacial score (nSPS) is 11.6. The lowest BCUT2D eigenvalue weighted by Gasteiger charge is -2.27. The highest BCUT2D eigenvalue weighted by Gasteiger charge is 2.18. The fraction of sp³-hybridized carbons (Fsp3) is 0.812. The Morgan fingerprint density at radius 1 is 1.20 bits per heavy atom. The smallest absolute Gasteiger partial charge is 0.186 e. The van der Waals surface area contributed by atoms with Crippen LogP contribution < -0.4 is 10.2 Å². The summed E-state index contributed by atoms with van der Waals surface area (Å²) in [6.07, 6.45) is 2.25. The number of rotatable bonds is 9. The van der Waals surface area contributed by atoms with E-state index in [2.05, 4.69) is 51.8 Å². The first-order valence-corrected chi connectivity index (χ1v) is 8.77. The molecule has 1 rings (SSSR count). The number of aryl methyl sites for hydroxylation is 1. The van der Waals surface area contributed by atoms with Crippen LogP contribution in [-0.2, 0) is 13.0 Å². The van der Waals surface area contributed by atoms with Gasteiger partial charge in [0.2, 0.25) is 0 Å². The molecule has 0 atom stereocenters. The standard InChI is InChI=1S/C16H31N3S/c1-7-9-14-15(10-17-8-2)20-16(18-14)19(13(5)6)11-12(3)4/h12-13,17H,7-11H2,1-6H3. The van der Waals surface area contributed by atoms with E-state index in [1.165, 1.54) is 15.7 Å². The lowest BCUT2D eigenvalue weighted by atomic mass is 10.2. The zero-order valence-electron chi connectivity index (χ0n) is 14.0. The van der Waals surface area contributed by atoms with Crippen LogP contribution in [0.25, 0.3) is 0 Å². The number of thiazole rings is 1. The Morgan fingerprint density at radius 2 is 1.90 bits per heavy atom. The van der Waals surface area contributed by atoms with Gasteiger partial charge in [-0.2, -0.15) is 0 Å². The summed E-state index contributed by atoms with van der Waals surface area (Å²) in [6.45, 7) is 16.5. The number of nitrogens with one attached hydrogen (secondary N) is 1. The van der Waals surface area contributed by atoms with Gasteiger partial charge in [-0.05, 0) is 32.7 Å². The second-order valence-corrected chi connectivity index (χ2v) is 7.10. The minimum absolute atomic E-state index is 0.505. The molecule has 0 unspecified atom stereocenters. The quantitative estimate of drug-likeness (QED) is 0.744. The first-order chi connectivity index (χ1) is 9.49. The predicted molar refractivity (Wildman–Crippen MR) is 90.8 cm³/mol. The molecule has 0 spiro atoms. The molecule has 116 valence electrons. The maximum absolute atomic E-state index is 4.93. The third-order valence-corrected chi connectivity index (χ3v) is 4.35. The zero-order chi connectivity index (χ0) is 15.1. The number of aromatic nitrogens is 1. The number of hydrogen-bond donors (Lipinski definition) is 1. The van der Waals surface area contributed by atoms with Gasteiger partial charge in [0.15, 0.2) is 5.13 Å². The molecule has 1 heterocycles. The van der Waals surface area contributed by atoms with Crippen LogP contribution in [0.5, 0.6) is 0 Å². The van der Waals surface area contributed by atoms with E-state index in [0.717, 1.165) is 32.5 Å². The maximum Gasteiger partial charge on any atom is 0.186 e. The molecule has 0 aliphatic heterocycles. The largest absolute Gasteiger partial charge is 0.345 e. The van der Waals surface area contributed by atoms with Gasteiger partial charge in [0.1, 0.15) is 0 Å². The van der Waals surface area contributed by atoms with Crippen LogP contribution in [0.1, 0.15) is 58.5 Å². The lowest BCUT2D eigenvalue weighted by molar-refractivity contribution is 0.569. The highest BCUT2D eigenvalue weighted by Crippen LogP contribution is 2.29. The summed E-state index contributed by atoms with van der Waals surface area (Å²) in [6, 6.07) is 0.505. The molecule has 0 saturated carbocycles. The van der Waals surface area contributed by atoms with Gasteiger partial charge in [-0.3, -0.25) is 0 Å². The van der Waals surface area contributed by atoms with Crippen molar-refractivity contribution in [3.63, 3.8) is 0 Å². The maximum atomic E-state index is 4.93. The first kappa shape index (κ1) is 17.4. The monoisotopic (exact) mass is 297 g/mol. The van der Waals surface area contributed by atoms with Gasteiger partial charge in [0.05, 0.1) is 5.69 Å². The Labute approximate surface area is 128 Å². The van der Waals surface area contributed by atoms with Gasteiger partial charge in [0.25, 0.3) is 0 Å². The van der Waals surface area contributed by atoms with E-state index in [1.807, 2.05) is 11.3 Å². The number of nitrogens with zero attached hydrogens (tertiary/aromatic N) is 2. The second-order valence-electron chi connectivity index (χ2n) is 6.04. The fourth-order valence-corrected chi connectivity index (χ4v) is 3.42. The predicted octanol–water partition coefficient (Wildman–Crippen LogP) is 4.08. The molecule has 1 aromatic rings. The van der Waals surface area contributed by atoms with Crippen molar-refractivity contribution in [3.8, 4) is 0 Å². The average Bonchev–Trinajstić information content (AvgIpc) is 2.76. The Morgan fingerprint density at radius 3 is 2.40 bits per heavy atom. The van der Waals surface area contributed by atoms with Crippen molar-refractivity contribution in [1.29, 1.82) is 0 Å². The van der Waals surface area contributed by atoms with Gasteiger partial charge in [-0.1, -0.05) is 34.1 Å². The lowest BCUT2D eigenvalue weighted by Crippen LogP contribution is -2.34. The molecule has 0 aliphatic rings. The minimum Gasteiger partial charge on any atom is -0.345 e. The fourth-order valence-electron chi connectivity index (χ4n) is 2.20. The molecular weight excluding hydrogens is 266 g/mol. The summed E-state index contributed by atoms with van der Waals surface area (Å²) >= 11 is 1.87. The highest BCUT2D eigenvalue weighted by molar-refractivity contribution is 7.15. The molecule has 0 saturated heterocycles. The first-order valence-electron chi connectivity index (χ1n) is 7.95. The van der Waals surface area contributed by atoms with E-state index < -0.39 is 0 Å². The van der Waals surface area contributed by atoms with E-state index in [4.69, 9.17) is 4.98 Å². The van der Waals surface area contributed by atoms with Gasteiger partial charge in [-0.15, -0.1) is 11.3 Å². The molecule has 0 aliphatic carbocycles. The molecule has 3 nitrogen and oxygen atoms in total. The Bertz CT molecular complexity index is 385. The second kappa shape index (κ2) is 8.63. The van der Waals surface area contributed by atoms with Gasteiger partial charge in [-0.25, -0.2) is 4.98 Å². The van der Waals surface area contributed by atoms with E-state index in [1.54, 1.807) is 0 Å². The third-order valence-electron chi connectivity index (χ3n) is 3.22. The van der Waals surface area contributed by atoms with Gasteiger partial charge in [0, 0.05) is 24.0 Å². The summed E-state index contributed by atoms with van der Waals surface area (Å²) in [4.78, 5) is 8.80.